The van der Waals surface area contributed by atoms with E-state index in [9.17, 15) is 0 Å². The number of oxime groups is 1. The van der Waals surface area contributed by atoms with Gasteiger partial charge in [0.05, 0.1) is 12.8 Å². The Labute approximate surface area is 131 Å². The maximum Gasteiger partial charge on any atom is 0.142 e. The second-order valence-corrected chi connectivity index (χ2v) is 5.94. The van der Waals surface area contributed by atoms with Gasteiger partial charge in [0, 0.05) is 25.4 Å². The van der Waals surface area contributed by atoms with Crippen molar-refractivity contribution in [2.24, 2.45) is 5.16 Å². The highest BCUT2D eigenvalue weighted by atomic mass is 16.5. The van der Waals surface area contributed by atoms with Crippen LogP contribution in [0.25, 0.3) is 0 Å². The summed E-state index contributed by atoms with van der Waals surface area (Å²) in [5.74, 6) is 0.485. The first-order chi connectivity index (χ1) is 10.8. The Kier molecular flexibility index (Phi) is 4.63. The summed E-state index contributed by atoms with van der Waals surface area (Å²) in [7, 11) is 1.94. The molecule has 1 aliphatic heterocycles. The van der Waals surface area contributed by atoms with Crippen LogP contribution in [0.1, 0.15) is 29.9 Å². The van der Waals surface area contributed by atoms with Gasteiger partial charge in [-0.2, -0.15) is 0 Å². The molecule has 2 unspecified atom stereocenters. The van der Waals surface area contributed by atoms with Gasteiger partial charge in [-0.05, 0) is 30.4 Å². The number of nitrogens with zero attached hydrogens (tertiary/aromatic N) is 3. The summed E-state index contributed by atoms with van der Waals surface area (Å²) in [5.41, 5.74) is 2.91. The molecule has 118 valence electrons. The van der Waals surface area contributed by atoms with Crippen LogP contribution in [0.15, 0.2) is 41.8 Å². The van der Waals surface area contributed by atoms with Gasteiger partial charge in [0.15, 0.2) is 0 Å². The molecule has 22 heavy (non-hydrogen) atoms. The topological polar surface area (TPSA) is 48.3 Å². The molecule has 0 aromatic heterocycles. The van der Waals surface area contributed by atoms with Crippen molar-refractivity contribution in [1.29, 1.82) is 0 Å². The lowest BCUT2D eigenvalue weighted by atomic mass is 9.83. The molecule has 0 saturated carbocycles. The van der Waals surface area contributed by atoms with E-state index in [1.54, 1.807) is 0 Å². The van der Waals surface area contributed by atoms with E-state index in [1.165, 1.54) is 36.6 Å². The number of hydrogen-bond acceptors (Lipinski definition) is 5. The number of rotatable bonds is 5. The molecule has 0 bridgehead atoms. The number of benzene rings is 1. The van der Waals surface area contributed by atoms with E-state index in [0.717, 1.165) is 6.61 Å². The van der Waals surface area contributed by atoms with Crippen LogP contribution < -0.4 is 0 Å². The van der Waals surface area contributed by atoms with E-state index < -0.39 is 0 Å². The van der Waals surface area contributed by atoms with Crippen molar-refractivity contribution < 1.29 is 9.94 Å². The summed E-state index contributed by atoms with van der Waals surface area (Å²) in [5, 5.41) is 11.9. The molecule has 1 heterocycles. The van der Waals surface area contributed by atoms with Crippen molar-refractivity contribution >= 4 is 6.21 Å². The van der Waals surface area contributed by atoms with E-state index in [-0.39, 0.29) is 6.17 Å². The van der Waals surface area contributed by atoms with Crippen LogP contribution >= 0.6 is 0 Å². The predicted octanol–water partition coefficient (Wildman–Crippen LogP) is 2.59. The van der Waals surface area contributed by atoms with E-state index >= 15 is 0 Å². The number of aryl methyl sites for hydroxylation is 1. The number of ether oxygens (including phenoxy) is 1. The Hall–Kier alpha value is -2.01. The minimum atomic E-state index is -0.0800. The summed E-state index contributed by atoms with van der Waals surface area (Å²) < 4.78 is 5.94. The lowest BCUT2D eigenvalue weighted by molar-refractivity contribution is 0.0252. The molecule has 0 amide bonds. The van der Waals surface area contributed by atoms with Crippen LogP contribution in [0.2, 0.25) is 0 Å². The molecule has 2 atom stereocenters. The van der Waals surface area contributed by atoms with Gasteiger partial charge in [-0.25, -0.2) is 0 Å². The van der Waals surface area contributed by atoms with E-state index in [4.69, 9.17) is 9.94 Å². The van der Waals surface area contributed by atoms with Crippen molar-refractivity contribution in [2.45, 2.75) is 31.3 Å². The zero-order valence-corrected chi connectivity index (χ0v) is 12.9. The highest BCUT2D eigenvalue weighted by molar-refractivity contribution is 5.64. The molecule has 0 radical (unpaired) electrons. The standard InChI is InChI=1S/C17H23N3O2/c1-19-9-10-20(17(19)11-18-21)13-22-12-15-7-4-6-14-5-2-3-8-16(14)15/h2-3,5,8-11,15,17,21H,4,6-7,12-13H2,1H3/b18-11-. The smallest absolute Gasteiger partial charge is 0.142 e. The van der Waals surface area contributed by atoms with Crippen molar-refractivity contribution in [3.05, 3.63) is 47.8 Å². The van der Waals surface area contributed by atoms with Gasteiger partial charge in [-0.3, -0.25) is 0 Å². The summed E-state index contributed by atoms with van der Waals surface area (Å²) >= 11 is 0. The van der Waals surface area contributed by atoms with Gasteiger partial charge >= 0.3 is 0 Å². The SMILES string of the molecule is CN1C=CN(COCC2CCCc3ccccc32)C1/C=N\O. The summed E-state index contributed by atoms with van der Waals surface area (Å²) in [6.45, 7) is 1.23. The van der Waals surface area contributed by atoms with Gasteiger partial charge in [0.2, 0.25) is 0 Å². The second kappa shape index (κ2) is 6.83. The van der Waals surface area contributed by atoms with Crippen LogP contribution in [-0.4, -0.2) is 47.8 Å². The van der Waals surface area contributed by atoms with Crippen molar-refractivity contribution in [1.82, 2.24) is 9.80 Å². The van der Waals surface area contributed by atoms with Gasteiger partial charge in [-0.15, -0.1) is 0 Å². The third kappa shape index (κ3) is 3.09. The van der Waals surface area contributed by atoms with E-state index in [1.807, 2.05) is 29.2 Å². The number of hydrogen-bond donors (Lipinski definition) is 1. The van der Waals surface area contributed by atoms with Gasteiger partial charge in [-0.1, -0.05) is 29.4 Å². The Morgan fingerprint density at radius 3 is 3.09 bits per heavy atom. The summed E-state index contributed by atoms with van der Waals surface area (Å²) in [6, 6.07) is 8.69. The Balaban J connectivity index is 1.55. The Morgan fingerprint density at radius 1 is 1.36 bits per heavy atom. The van der Waals surface area contributed by atoms with Gasteiger partial charge < -0.3 is 19.7 Å². The highest BCUT2D eigenvalue weighted by Gasteiger charge is 2.23. The van der Waals surface area contributed by atoms with Gasteiger partial charge in [0.1, 0.15) is 12.9 Å². The third-order valence-electron chi connectivity index (χ3n) is 4.50. The summed E-state index contributed by atoms with van der Waals surface area (Å²) in [6.07, 6.45) is 8.93. The average molecular weight is 301 g/mol. The largest absolute Gasteiger partial charge is 0.411 e. The molecule has 5 nitrogen and oxygen atoms in total. The lowest BCUT2D eigenvalue weighted by Gasteiger charge is -2.29. The molecule has 1 aliphatic carbocycles. The highest BCUT2D eigenvalue weighted by Crippen LogP contribution is 2.31. The molecule has 0 fully saturated rings. The van der Waals surface area contributed by atoms with Crippen LogP contribution in [0.4, 0.5) is 0 Å². The summed E-state index contributed by atoms with van der Waals surface area (Å²) in [4.78, 5) is 3.98. The first-order valence-electron chi connectivity index (χ1n) is 7.78. The molecule has 1 aromatic carbocycles. The predicted molar refractivity (Wildman–Crippen MR) is 85.7 cm³/mol. The minimum absolute atomic E-state index is 0.0800. The van der Waals surface area contributed by atoms with Crippen molar-refractivity contribution in [3.63, 3.8) is 0 Å². The first kappa shape index (κ1) is 14.9. The van der Waals surface area contributed by atoms with Crippen LogP contribution in [-0.2, 0) is 11.2 Å². The molecule has 2 aliphatic rings. The monoisotopic (exact) mass is 301 g/mol. The maximum atomic E-state index is 8.75. The van der Waals surface area contributed by atoms with E-state index in [0.29, 0.717) is 12.6 Å². The van der Waals surface area contributed by atoms with Crippen molar-refractivity contribution in [2.75, 3.05) is 20.4 Å². The molecule has 3 rings (SSSR count). The molecular weight excluding hydrogens is 278 g/mol. The van der Waals surface area contributed by atoms with Crippen LogP contribution in [0, 0.1) is 0 Å². The fraction of sp³-hybridized carbons (Fsp3) is 0.471. The lowest BCUT2D eigenvalue weighted by Crippen LogP contribution is -2.39. The fourth-order valence-electron chi connectivity index (χ4n) is 3.30. The van der Waals surface area contributed by atoms with Crippen molar-refractivity contribution in [3.8, 4) is 0 Å². The maximum absolute atomic E-state index is 8.75. The average Bonchev–Trinajstić information content (AvgIpc) is 2.89. The zero-order chi connectivity index (χ0) is 15.4. The van der Waals surface area contributed by atoms with Gasteiger partial charge in [0.25, 0.3) is 0 Å². The third-order valence-corrected chi connectivity index (χ3v) is 4.50. The second-order valence-electron chi connectivity index (χ2n) is 5.94. The Morgan fingerprint density at radius 2 is 2.23 bits per heavy atom. The molecule has 1 aromatic rings. The molecular formula is C17H23N3O2. The van der Waals surface area contributed by atoms with Crippen LogP contribution in [0.3, 0.4) is 0 Å². The van der Waals surface area contributed by atoms with E-state index in [2.05, 4.69) is 29.4 Å². The number of fused-ring (bicyclic) bond motifs is 1. The molecule has 5 heteroatoms. The molecule has 0 spiro atoms. The first-order valence-corrected chi connectivity index (χ1v) is 7.78. The Bertz CT molecular complexity index is 559. The quantitative estimate of drug-likeness (QED) is 0.516. The minimum Gasteiger partial charge on any atom is -0.411 e. The zero-order valence-electron chi connectivity index (χ0n) is 12.9. The normalized spacial score (nSPS) is 24.2. The fourth-order valence-corrected chi connectivity index (χ4v) is 3.30. The molecule has 0 saturated heterocycles. The molecule has 1 N–H and O–H groups in total. The van der Waals surface area contributed by atoms with Crippen LogP contribution in [0.5, 0.6) is 0 Å².